The van der Waals surface area contributed by atoms with Crippen molar-refractivity contribution in [1.29, 1.82) is 0 Å². The molecule has 0 spiro atoms. The van der Waals surface area contributed by atoms with E-state index in [0.29, 0.717) is 33.4 Å². The average Bonchev–Trinajstić information content (AvgIpc) is 3.21. The number of hydrogen-bond acceptors (Lipinski definition) is 2. The zero-order valence-electron chi connectivity index (χ0n) is 22.9. The van der Waals surface area contributed by atoms with Crippen molar-refractivity contribution in [2.24, 2.45) is 5.41 Å². The number of pyridine rings is 1. The molecule has 2 heterocycles. The molecule has 2 nitrogen and oxygen atoms in total. The van der Waals surface area contributed by atoms with Crippen LogP contribution in [0.4, 0.5) is 0 Å². The highest BCUT2D eigenvalue weighted by Crippen LogP contribution is 2.39. The molecule has 0 atom stereocenters. The summed E-state index contributed by atoms with van der Waals surface area (Å²) in [5, 5.41) is 1.26. The molecule has 0 unspecified atom stereocenters. The molecule has 31 heavy (non-hydrogen) atoms. The summed E-state index contributed by atoms with van der Waals surface area (Å²) in [4.78, 5) is 4.52. The largest absolute Gasteiger partial charge is 0.455 e. The summed E-state index contributed by atoms with van der Waals surface area (Å²) in [6.07, 6.45) is -0.00516. The van der Waals surface area contributed by atoms with E-state index in [1.165, 1.54) is 0 Å². The Balaban J connectivity index is 1.77. The third-order valence-electron chi connectivity index (χ3n) is 5.28. The van der Waals surface area contributed by atoms with Gasteiger partial charge in [0.2, 0.25) is 0 Å². The minimum absolute atomic E-state index is 0.216. The fraction of sp³-hybridized carbons (Fsp3) is 0.207. The van der Waals surface area contributed by atoms with Crippen LogP contribution in [-0.4, -0.2) is 4.98 Å². The van der Waals surface area contributed by atoms with Crippen LogP contribution >= 0.6 is 0 Å². The minimum Gasteiger partial charge on any atom is -0.455 e. The summed E-state index contributed by atoms with van der Waals surface area (Å²) in [6.45, 7) is 3.25. The molecule has 5 rings (SSSR count). The third-order valence-corrected chi connectivity index (χ3v) is 5.28. The maximum atomic E-state index is 8.69. The Morgan fingerprint density at radius 3 is 2.55 bits per heavy atom. The molecule has 0 saturated carbocycles. The van der Waals surface area contributed by atoms with Crippen LogP contribution in [0, 0.1) is 12.3 Å². The molecular formula is C29H27NO. The molecule has 0 aliphatic carbocycles. The van der Waals surface area contributed by atoms with Gasteiger partial charge in [-0.25, -0.2) is 0 Å². The maximum Gasteiger partial charge on any atom is 0.145 e. The van der Waals surface area contributed by atoms with Gasteiger partial charge in [-0.15, -0.1) is 0 Å². The Labute approximate surface area is 190 Å². The van der Waals surface area contributed by atoms with Crippen LogP contribution in [0.2, 0.25) is 0 Å². The molecule has 5 aromatic rings. The Bertz CT molecular complexity index is 1580. The van der Waals surface area contributed by atoms with Crippen LogP contribution in [-0.2, 0) is 6.37 Å². The van der Waals surface area contributed by atoms with Gasteiger partial charge < -0.3 is 4.42 Å². The van der Waals surface area contributed by atoms with Crippen molar-refractivity contribution in [3.63, 3.8) is 0 Å². The lowest BCUT2D eigenvalue weighted by molar-refractivity contribution is 0.411. The highest BCUT2D eigenvalue weighted by Gasteiger charge is 2.17. The molecule has 0 N–H and O–H groups in total. The number of benzene rings is 3. The Morgan fingerprint density at radius 1 is 0.935 bits per heavy atom. The van der Waals surface area contributed by atoms with Crippen molar-refractivity contribution in [2.45, 2.75) is 34.0 Å². The molecule has 2 aromatic heterocycles. The van der Waals surface area contributed by atoms with Gasteiger partial charge in [0.15, 0.2) is 0 Å². The lowest BCUT2D eigenvalue weighted by atomic mass is 9.88. The number of nitrogens with zero attached hydrogens (tertiary/aromatic N) is 1. The first-order chi connectivity index (χ1) is 16.9. The summed E-state index contributed by atoms with van der Waals surface area (Å²) in [7, 11) is 0. The molecule has 0 saturated heterocycles. The van der Waals surface area contributed by atoms with Gasteiger partial charge in [-0.05, 0) is 71.2 Å². The van der Waals surface area contributed by atoms with Crippen molar-refractivity contribution < 1.29 is 11.3 Å². The van der Waals surface area contributed by atoms with Gasteiger partial charge in [0.25, 0.3) is 0 Å². The minimum atomic E-state index is -2.33. The molecule has 0 radical (unpaired) electrons. The first-order valence-electron chi connectivity index (χ1n) is 12.9. The van der Waals surface area contributed by atoms with Gasteiger partial charge in [-0.2, -0.15) is 0 Å². The summed E-state index contributed by atoms with van der Waals surface area (Å²) in [5.74, 6) is 0. The van der Waals surface area contributed by atoms with Crippen molar-refractivity contribution in [1.82, 2.24) is 4.98 Å². The normalized spacial score (nSPS) is 15.3. The van der Waals surface area contributed by atoms with Gasteiger partial charge in [0.05, 0.1) is 5.69 Å². The van der Waals surface area contributed by atoms with Crippen LogP contribution < -0.4 is 0 Å². The van der Waals surface area contributed by atoms with Crippen LogP contribution in [0.15, 0.2) is 83.4 Å². The molecule has 154 valence electrons. The van der Waals surface area contributed by atoms with Gasteiger partial charge in [0, 0.05) is 29.4 Å². The van der Waals surface area contributed by atoms with Crippen LogP contribution in [0.1, 0.15) is 38.8 Å². The number of hydrogen-bond donors (Lipinski definition) is 0. The van der Waals surface area contributed by atoms with Crippen molar-refractivity contribution >= 4 is 21.9 Å². The van der Waals surface area contributed by atoms with Crippen LogP contribution in [0.3, 0.4) is 0 Å². The maximum absolute atomic E-state index is 8.69. The summed E-state index contributed by atoms with van der Waals surface area (Å²) in [5.41, 5.74) is 4.29. The zero-order valence-corrected chi connectivity index (χ0v) is 17.9. The molecule has 0 amide bonds. The number of furan rings is 1. The first kappa shape index (κ1) is 14.6. The number of aryl methyl sites for hydroxylation is 1. The van der Waals surface area contributed by atoms with E-state index in [1.807, 2.05) is 69.3 Å². The zero-order chi connectivity index (χ0) is 25.9. The highest BCUT2D eigenvalue weighted by molar-refractivity contribution is 6.11. The standard InChI is InChI=1S/C29H27NO/c1-19-10-12-23(25-16-20(14-15-30-25)18-29(2,3)4)28-27(19)24-13-11-22(17-26(24)31-28)21-8-6-5-7-9-21/h5-17H,18H2,1-4H3/i1D3,18D2. The van der Waals surface area contributed by atoms with Crippen LogP contribution in [0.5, 0.6) is 0 Å². The Hall–Kier alpha value is -3.39. The fourth-order valence-electron chi connectivity index (χ4n) is 3.98. The van der Waals surface area contributed by atoms with Gasteiger partial charge >= 0.3 is 0 Å². The van der Waals surface area contributed by atoms with Gasteiger partial charge in [-0.3, -0.25) is 4.98 Å². The summed E-state index contributed by atoms with van der Waals surface area (Å²) in [6, 6.07) is 22.5. The number of aromatic nitrogens is 1. The van der Waals surface area contributed by atoms with E-state index in [1.54, 1.807) is 30.5 Å². The molecule has 0 aliphatic rings. The average molecular weight is 411 g/mol. The second-order valence-corrected chi connectivity index (χ2v) is 8.85. The van der Waals surface area contributed by atoms with Crippen molar-refractivity contribution in [2.75, 3.05) is 0 Å². The fourth-order valence-corrected chi connectivity index (χ4v) is 3.98. The number of rotatable bonds is 3. The quantitative estimate of drug-likeness (QED) is 0.299. The monoisotopic (exact) mass is 410 g/mol. The smallest absolute Gasteiger partial charge is 0.145 e. The second kappa shape index (κ2) is 7.39. The SMILES string of the molecule is [2H]C([2H])([2H])c1ccc(-c2cc(C([2H])([2H])C(C)(C)C)ccn2)c2oc3cc(-c4ccccc4)ccc3c12. The Morgan fingerprint density at radius 2 is 1.77 bits per heavy atom. The molecule has 0 aliphatic heterocycles. The van der Waals surface area contributed by atoms with E-state index in [4.69, 9.17) is 11.3 Å². The second-order valence-electron chi connectivity index (χ2n) is 8.85. The Kier molecular flexibility index (Phi) is 3.48. The predicted molar refractivity (Wildman–Crippen MR) is 130 cm³/mol. The van der Waals surface area contributed by atoms with E-state index in [-0.39, 0.29) is 5.56 Å². The van der Waals surface area contributed by atoms with E-state index in [0.717, 1.165) is 16.5 Å². The third kappa shape index (κ3) is 3.74. The van der Waals surface area contributed by atoms with Gasteiger partial charge in [-0.1, -0.05) is 63.2 Å². The van der Waals surface area contributed by atoms with E-state index in [2.05, 4.69) is 4.98 Å². The van der Waals surface area contributed by atoms with Crippen molar-refractivity contribution in [3.8, 4) is 22.4 Å². The van der Waals surface area contributed by atoms with E-state index < -0.39 is 18.6 Å². The topological polar surface area (TPSA) is 26.0 Å². The molecular weight excluding hydrogens is 378 g/mol. The lowest BCUT2D eigenvalue weighted by Crippen LogP contribution is -2.09. The van der Waals surface area contributed by atoms with E-state index in [9.17, 15) is 0 Å². The molecule has 0 bridgehead atoms. The molecule has 3 aromatic carbocycles. The first-order valence-corrected chi connectivity index (χ1v) is 10.4. The van der Waals surface area contributed by atoms with Gasteiger partial charge in [0.1, 0.15) is 11.2 Å². The molecule has 0 fully saturated rings. The summed E-state index contributed by atoms with van der Waals surface area (Å²) < 4.78 is 48.1. The summed E-state index contributed by atoms with van der Waals surface area (Å²) >= 11 is 0. The highest BCUT2D eigenvalue weighted by atomic mass is 16.3. The van der Waals surface area contributed by atoms with E-state index >= 15 is 0 Å². The van der Waals surface area contributed by atoms with Crippen LogP contribution in [0.25, 0.3) is 44.3 Å². The lowest BCUT2D eigenvalue weighted by Gasteiger charge is -2.18. The predicted octanol–water partition coefficient (Wildman–Crippen LogP) is 8.21. The number of fused-ring (bicyclic) bond motifs is 3. The van der Waals surface area contributed by atoms with Crippen molar-refractivity contribution in [3.05, 3.63) is 90.1 Å². The molecule has 2 heteroatoms.